The fourth-order valence-corrected chi connectivity index (χ4v) is 5.45. The van der Waals surface area contributed by atoms with Crippen LogP contribution in [0.15, 0.2) is 70.9 Å². The summed E-state index contributed by atoms with van der Waals surface area (Å²) in [5.41, 5.74) is 0.490. The molecule has 0 fully saturated rings. The fourth-order valence-electron chi connectivity index (χ4n) is 3.12. The van der Waals surface area contributed by atoms with Crippen LogP contribution in [0.25, 0.3) is 11.3 Å². The maximum atomic E-state index is 14.6. The van der Waals surface area contributed by atoms with Crippen LogP contribution in [0.2, 0.25) is 5.02 Å². The zero-order chi connectivity index (χ0) is 21.1. The van der Waals surface area contributed by atoms with Crippen LogP contribution in [0.3, 0.4) is 0 Å². The predicted molar refractivity (Wildman–Crippen MR) is 118 cm³/mol. The average Bonchev–Trinajstić information content (AvgIpc) is 3.41. The minimum atomic E-state index is -1.52. The van der Waals surface area contributed by atoms with Crippen molar-refractivity contribution in [3.63, 3.8) is 0 Å². The molecule has 0 saturated heterocycles. The first-order valence-corrected chi connectivity index (χ1v) is 11.3. The Bertz CT molecular complexity index is 1120. The zero-order valence-corrected chi connectivity index (χ0v) is 18.3. The van der Waals surface area contributed by atoms with Crippen molar-refractivity contribution < 1.29 is 9.50 Å². The second-order valence-corrected chi connectivity index (χ2v) is 9.65. The van der Waals surface area contributed by atoms with E-state index in [0.29, 0.717) is 5.02 Å². The van der Waals surface area contributed by atoms with Gasteiger partial charge in [-0.15, -0.1) is 11.3 Å². The minimum absolute atomic E-state index is 0.0670. The Morgan fingerprint density at radius 3 is 2.70 bits per heavy atom. The molecule has 0 spiro atoms. The molecule has 9 heteroatoms. The second kappa shape index (κ2) is 8.85. The third-order valence-corrected chi connectivity index (χ3v) is 7.28. The van der Waals surface area contributed by atoms with Gasteiger partial charge in [0.05, 0.1) is 12.2 Å². The Balaban J connectivity index is 1.62. The number of rotatable bonds is 7. The summed E-state index contributed by atoms with van der Waals surface area (Å²) in [6, 6.07) is 13.7. The van der Waals surface area contributed by atoms with Gasteiger partial charge in [0.15, 0.2) is 4.34 Å². The Labute approximate surface area is 186 Å². The standard InChI is InChI=1S/C21H18ClFN4OS2/c1-14(30-20-26-19(10-29-20)15-6-8-16(22)9-7-15)21(28,11-27-13-24-12-25-27)17-4-2-3-5-18(17)23/h2-10,12-14,28H,11H2,1H3/t14-,21-/m1/s1. The molecule has 30 heavy (non-hydrogen) atoms. The maximum absolute atomic E-state index is 14.6. The summed E-state index contributed by atoms with van der Waals surface area (Å²) in [6.45, 7) is 1.93. The summed E-state index contributed by atoms with van der Waals surface area (Å²) in [6.07, 6.45) is 2.89. The Hall–Kier alpha value is -2.26. The molecule has 0 amide bonds. The summed E-state index contributed by atoms with van der Waals surface area (Å²) in [5.74, 6) is -0.464. The Morgan fingerprint density at radius 2 is 2.00 bits per heavy atom. The molecule has 0 bridgehead atoms. The lowest BCUT2D eigenvalue weighted by atomic mass is 9.90. The molecule has 0 aliphatic rings. The van der Waals surface area contributed by atoms with Crippen LogP contribution in [0, 0.1) is 5.82 Å². The number of aliphatic hydroxyl groups is 1. The summed E-state index contributed by atoms with van der Waals surface area (Å²) in [5, 5.41) is 17.9. The number of thioether (sulfide) groups is 1. The molecule has 0 aliphatic carbocycles. The quantitative estimate of drug-likeness (QED) is 0.381. The minimum Gasteiger partial charge on any atom is -0.382 e. The highest BCUT2D eigenvalue weighted by Crippen LogP contribution is 2.40. The van der Waals surface area contributed by atoms with E-state index in [0.717, 1.165) is 15.6 Å². The number of hydrogen-bond donors (Lipinski definition) is 1. The van der Waals surface area contributed by atoms with Gasteiger partial charge in [0.2, 0.25) is 0 Å². The topological polar surface area (TPSA) is 63.8 Å². The number of halogens is 2. The van der Waals surface area contributed by atoms with E-state index in [9.17, 15) is 9.50 Å². The number of benzene rings is 2. The van der Waals surface area contributed by atoms with Gasteiger partial charge in [0, 0.05) is 26.8 Å². The van der Waals surface area contributed by atoms with Crippen molar-refractivity contribution in [1.82, 2.24) is 19.7 Å². The number of thiazole rings is 1. The molecule has 154 valence electrons. The van der Waals surface area contributed by atoms with E-state index in [1.54, 1.807) is 18.2 Å². The van der Waals surface area contributed by atoms with Crippen LogP contribution >= 0.6 is 34.7 Å². The highest BCUT2D eigenvalue weighted by molar-refractivity contribution is 8.01. The van der Waals surface area contributed by atoms with Gasteiger partial charge in [0.1, 0.15) is 24.1 Å². The van der Waals surface area contributed by atoms with Crippen LogP contribution in [0.5, 0.6) is 0 Å². The second-order valence-electron chi connectivity index (χ2n) is 6.76. The molecular formula is C21H18ClFN4OS2. The number of hydrogen-bond acceptors (Lipinski definition) is 6. The number of aromatic nitrogens is 4. The fraction of sp³-hybridized carbons (Fsp3) is 0.190. The third kappa shape index (κ3) is 4.41. The highest BCUT2D eigenvalue weighted by Gasteiger charge is 2.40. The molecular weight excluding hydrogens is 443 g/mol. The lowest BCUT2D eigenvalue weighted by molar-refractivity contribution is 0.0134. The average molecular weight is 461 g/mol. The first kappa shape index (κ1) is 21.0. The summed E-state index contributed by atoms with van der Waals surface area (Å²) < 4.78 is 16.9. The van der Waals surface area contributed by atoms with Gasteiger partial charge in [-0.25, -0.2) is 19.0 Å². The summed E-state index contributed by atoms with van der Waals surface area (Å²) in [7, 11) is 0. The van der Waals surface area contributed by atoms with Crippen LogP contribution in [0.4, 0.5) is 4.39 Å². The highest BCUT2D eigenvalue weighted by atomic mass is 35.5. The molecule has 5 nitrogen and oxygen atoms in total. The molecule has 1 N–H and O–H groups in total. The van der Waals surface area contributed by atoms with E-state index in [1.165, 1.54) is 46.5 Å². The van der Waals surface area contributed by atoms with E-state index < -0.39 is 16.7 Å². The van der Waals surface area contributed by atoms with Crippen LogP contribution in [-0.4, -0.2) is 30.1 Å². The first-order chi connectivity index (χ1) is 14.5. The van der Waals surface area contributed by atoms with E-state index in [-0.39, 0.29) is 12.1 Å². The Kier molecular flexibility index (Phi) is 6.19. The summed E-state index contributed by atoms with van der Waals surface area (Å²) >= 11 is 8.84. The largest absolute Gasteiger partial charge is 0.382 e. The van der Waals surface area contributed by atoms with E-state index in [1.807, 2.05) is 36.6 Å². The van der Waals surface area contributed by atoms with Crippen molar-refractivity contribution in [3.05, 3.63) is 83.0 Å². The normalized spacial score (nSPS) is 14.4. The van der Waals surface area contributed by atoms with Crippen LogP contribution < -0.4 is 0 Å². The van der Waals surface area contributed by atoms with Gasteiger partial charge in [-0.05, 0) is 25.1 Å². The number of nitrogens with zero attached hydrogens (tertiary/aromatic N) is 4. The van der Waals surface area contributed by atoms with Gasteiger partial charge < -0.3 is 5.11 Å². The van der Waals surface area contributed by atoms with Gasteiger partial charge in [-0.2, -0.15) is 5.10 Å². The molecule has 4 aromatic rings. The van der Waals surface area contributed by atoms with E-state index in [4.69, 9.17) is 11.6 Å². The lowest BCUT2D eigenvalue weighted by Crippen LogP contribution is -2.41. The first-order valence-electron chi connectivity index (χ1n) is 9.13. The third-order valence-electron chi connectivity index (χ3n) is 4.78. The molecule has 4 rings (SSSR count). The smallest absolute Gasteiger partial charge is 0.150 e. The molecule has 0 radical (unpaired) electrons. The molecule has 2 aromatic heterocycles. The van der Waals surface area contributed by atoms with Crippen LogP contribution in [0.1, 0.15) is 12.5 Å². The van der Waals surface area contributed by atoms with Gasteiger partial charge in [0.25, 0.3) is 0 Å². The summed E-state index contributed by atoms with van der Waals surface area (Å²) in [4.78, 5) is 8.60. The zero-order valence-electron chi connectivity index (χ0n) is 15.9. The molecule has 0 unspecified atom stereocenters. The molecule has 0 aliphatic heterocycles. The van der Waals surface area contributed by atoms with Gasteiger partial charge in [-0.3, -0.25) is 0 Å². The van der Waals surface area contributed by atoms with Crippen molar-refractivity contribution in [1.29, 1.82) is 0 Å². The SMILES string of the molecule is C[C@@H](Sc1nc(-c2ccc(Cl)cc2)cs1)[C@](O)(Cn1cncn1)c1ccccc1F. The van der Waals surface area contributed by atoms with Crippen molar-refractivity contribution in [2.45, 2.75) is 28.7 Å². The molecule has 2 aromatic carbocycles. The van der Waals surface area contributed by atoms with Crippen molar-refractivity contribution in [2.75, 3.05) is 0 Å². The maximum Gasteiger partial charge on any atom is 0.150 e. The van der Waals surface area contributed by atoms with Gasteiger partial charge in [-0.1, -0.05) is 53.7 Å². The van der Waals surface area contributed by atoms with Gasteiger partial charge >= 0.3 is 0 Å². The molecule has 2 heterocycles. The van der Waals surface area contributed by atoms with Crippen LogP contribution in [-0.2, 0) is 12.1 Å². The Morgan fingerprint density at radius 1 is 1.23 bits per heavy atom. The molecule has 0 saturated carbocycles. The predicted octanol–water partition coefficient (Wildman–Crippen LogP) is 5.26. The lowest BCUT2D eigenvalue weighted by Gasteiger charge is -2.33. The van der Waals surface area contributed by atoms with Crippen molar-refractivity contribution in [3.8, 4) is 11.3 Å². The van der Waals surface area contributed by atoms with Crippen molar-refractivity contribution >= 4 is 34.7 Å². The molecule has 2 atom stereocenters. The van der Waals surface area contributed by atoms with E-state index in [2.05, 4.69) is 15.1 Å². The van der Waals surface area contributed by atoms with Crippen molar-refractivity contribution in [2.24, 2.45) is 0 Å². The van der Waals surface area contributed by atoms with E-state index >= 15 is 0 Å². The monoisotopic (exact) mass is 460 g/mol.